The summed E-state index contributed by atoms with van der Waals surface area (Å²) in [6.45, 7) is 0.542. The number of hydrogen-bond acceptors (Lipinski definition) is 2. The molecule has 0 spiro atoms. The van der Waals surface area contributed by atoms with Gasteiger partial charge in [-0.05, 0) is 7.05 Å². The Morgan fingerprint density at radius 1 is 1.69 bits per heavy atom. The van der Waals surface area contributed by atoms with Crippen molar-refractivity contribution in [1.29, 1.82) is 0 Å². The van der Waals surface area contributed by atoms with Gasteiger partial charge in [-0.2, -0.15) is 4.39 Å². The van der Waals surface area contributed by atoms with Crippen LogP contribution in [0.2, 0.25) is 5.02 Å². The highest BCUT2D eigenvalue weighted by atomic mass is 35.5. The number of nitrogens with zero attached hydrogens (tertiary/aromatic N) is 1. The fourth-order valence-corrected chi connectivity index (χ4v) is 0.887. The summed E-state index contributed by atoms with van der Waals surface area (Å²) >= 11 is 5.72. The zero-order valence-electron chi connectivity index (χ0n) is 7.06. The summed E-state index contributed by atoms with van der Waals surface area (Å²) in [5, 5.41) is 3.21. The van der Waals surface area contributed by atoms with E-state index >= 15 is 0 Å². The van der Waals surface area contributed by atoms with E-state index in [-0.39, 0.29) is 0 Å². The molecule has 2 nitrogen and oxygen atoms in total. The third-order valence-corrected chi connectivity index (χ3v) is 1.61. The van der Waals surface area contributed by atoms with Gasteiger partial charge in [-0.3, -0.25) is 0 Å². The van der Waals surface area contributed by atoms with Gasteiger partial charge in [0.05, 0.1) is 11.6 Å². The standard InChI is InChI=1S/C9H8ClFN2/c1-12-4-2-3-7-5-9(11)13-6-8(7)10/h5-6,12H,4H2,1H3. The molecule has 0 aliphatic rings. The van der Waals surface area contributed by atoms with Crippen molar-refractivity contribution in [3.05, 3.63) is 28.8 Å². The fraction of sp³-hybridized carbons (Fsp3) is 0.222. The molecular formula is C9H8ClFN2. The van der Waals surface area contributed by atoms with Crippen LogP contribution in [0.5, 0.6) is 0 Å². The molecule has 0 unspecified atom stereocenters. The Hall–Kier alpha value is -1.11. The average molecular weight is 199 g/mol. The highest BCUT2D eigenvalue weighted by Gasteiger charge is 1.98. The van der Waals surface area contributed by atoms with Crippen LogP contribution in [-0.4, -0.2) is 18.6 Å². The Morgan fingerprint density at radius 3 is 3.15 bits per heavy atom. The van der Waals surface area contributed by atoms with Crippen LogP contribution < -0.4 is 5.32 Å². The number of halogens is 2. The van der Waals surface area contributed by atoms with Gasteiger partial charge in [0.2, 0.25) is 5.95 Å². The molecule has 0 aliphatic carbocycles. The van der Waals surface area contributed by atoms with Crippen LogP contribution in [0.15, 0.2) is 12.3 Å². The molecule has 0 bridgehead atoms. The van der Waals surface area contributed by atoms with Gasteiger partial charge < -0.3 is 5.32 Å². The van der Waals surface area contributed by atoms with E-state index in [4.69, 9.17) is 11.6 Å². The molecule has 0 radical (unpaired) electrons. The largest absolute Gasteiger partial charge is 0.309 e. The van der Waals surface area contributed by atoms with Gasteiger partial charge in [0.1, 0.15) is 0 Å². The molecule has 1 aromatic rings. The van der Waals surface area contributed by atoms with Crippen molar-refractivity contribution in [2.24, 2.45) is 0 Å². The van der Waals surface area contributed by atoms with Gasteiger partial charge in [-0.15, -0.1) is 0 Å². The van der Waals surface area contributed by atoms with Gasteiger partial charge in [0, 0.05) is 17.8 Å². The monoisotopic (exact) mass is 198 g/mol. The van der Waals surface area contributed by atoms with Crippen LogP contribution in [0.4, 0.5) is 4.39 Å². The molecule has 1 rings (SSSR count). The van der Waals surface area contributed by atoms with Crippen LogP contribution in [-0.2, 0) is 0 Å². The lowest BCUT2D eigenvalue weighted by Crippen LogP contribution is -2.04. The van der Waals surface area contributed by atoms with E-state index < -0.39 is 5.95 Å². The summed E-state index contributed by atoms with van der Waals surface area (Å²) in [6, 6.07) is 1.21. The second-order valence-corrected chi connectivity index (χ2v) is 2.73. The molecule has 1 heterocycles. The Balaban J connectivity index is 2.89. The fourth-order valence-electron chi connectivity index (χ4n) is 0.737. The van der Waals surface area contributed by atoms with Crippen molar-refractivity contribution in [2.75, 3.05) is 13.6 Å². The van der Waals surface area contributed by atoms with Crippen molar-refractivity contribution in [1.82, 2.24) is 10.3 Å². The molecule has 4 heteroatoms. The molecule has 0 saturated heterocycles. The Kier molecular flexibility index (Phi) is 3.69. The maximum Gasteiger partial charge on any atom is 0.214 e. The van der Waals surface area contributed by atoms with Crippen LogP contribution >= 0.6 is 11.6 Å². The van der Waals surface area contributed by atoms with Crippen LogP contribution in [0, 0.1) is 17.8 Å². The third kappa shape index (κ3) is 3.02. The summed E-state index contributed by atoms with van der Waals surface area (Å²) in [5.74, 6) is 4.94. The summed E-state index contributed by atoms with van der Waals surface area (Å²) in [5.41, 5.74) is 0.462. The second-order valence-electron chi connectivity index (χ2n) is 2.32. The molecule has 68 valence electrons. The molecule has 0 fully saturated rings. The van der Waals surface area contributed by atoms with E-state index in [1.807, 2.05) is 0 Å². The Bertz CT molecular complexity index is 354. The first-order valence-corrected chi connectivity index (χ1v) is 4.06. The molecular weight excluding hydrogens is 191 g/mol. The minimum absolute atomic E-state index is 0.366. The molecule has 0 amide bonds. The average Bonchev–Trinajstić information content (AvgIpc) is 2.11. The molecule has 0 saturated carbocycles. The maximum absolute atomic E-state index is 12.6. The molecule has 13 heavy (non-hydrogen) atoms. The smallest absolute Gasteiger partial charge is 0.214 e. The summed E-state index contributed by atoms with van der Waals surface area (Å²) in [4.78, 5) is 3.39. The molecule has 0 aliphatic heterocycles. The van der Waals surface area contributed by atoms with E-state index in [9.17, 15) is 4.39 Å². The van der Waals surface area contributed by atoms with Crippen molar-refractivity contribution >= 4 is 11.6 Å². The van der Waals surface area contributed by atoms with Crippen molar-refractivity contribution in [3.63, 3.8) is 0 Å². The van der Waals surface area contributed by atoms with Gasteiger partial charge in [-0.25, -0.2) is 4.98 Å². The summed E-state index contributed by atoms with van der Waals surface area (Å²) in [7, 11) is 1.78. The molecule has 1 aromatic heterocycles. The van der Waals surface area contributed by atoms with Crippen LogP contribution in [0.25, 0.3) is 0 Å². The molecule has 0 atom stereocenters. The minimum Gasteiger partial charge on any atom is -0.309 e. The lowest BCUT2D eigenvalue weighted by molar-refractivity contribution is 0.583. The molecule has 1 N–H and O–H groups in total. The third-order valence-electron chi connectivity index (χ3n) is 1.31. The zero-order chi connectivity index (χ0) is 9.68. The second kappa shape index (κ2) is 4.80. The van der Waals surface area contributed by atoms with Crippen LogP contribution in [0.1, 0.15) is 5.56 Å². The lowest BCUT2D eigenvalue weighted by Gasteiger charge is -1.93. The van der Waals surface area contributed by atoms with Crippen molar-refractivity contribution in [2.45, 2.75) is 0 Å². The minimum atomic E-state index is -0.571. The number of aromatic nitrogens is 1. The highest BCUT2D eigenvalue weighted by molar-refractivity contribution is 6.31. The number of pyridine rings is 1. The van der Waals surface area contributed by atoms with Crippen molar-refractivity contribution < 1.29 is 4.39 Å². The normalized spacial score (nSPS) is 9.15. The molecule has 0 aromatic carbocycles. The van der Waals surface area contributed by atoms with Crippen molar-refractivity contribution in [3.8, 4) is 11.8 Å². The summed E-state index contributed by atoms with van der Waals surface area (Å²) < 4.78 is 12.6. The number of hydrogen-bond donors (Lipinski definition) is 1. The Morgan fingerprint density at radius 2 is 2.46 bits per heavy atom. The first kappa shape index (κ1) is 9.97. The predicted molar refractivity (Wildman–Crippen MR) is 50.0 cm³/mol. The SMILES string of the molecule is CNCC#Cc1cc(F)ncc1Cl. The maximum atomic E-state index is 12.6. The van der Waals surface area contributed by atoms with E-state index in [0.29, 0.717) is 17.1 Å². The first-order valence-electron chi connectivity index (χ1n) is 3.68. The topological polar surface area (TPSA) is 24.9 Å². The van der Waals surface area contributed by atoms with Gasteiger partial charge in [-0.1, -0.05) is 23.4 Å². The van der Waals surface area contributed by atoms with E-state index in [2.05, 4.69) is 22.1 Å². The van der Waals surface area contributed by atoms with E-state index in [1.165, 1.54) is 12.3 Å². The first-order chi connectivity index (χ1) is 6.24. The highest BCUT2D eigenvalue weighted by Crippen LogP contribution is 2.13. The zero-order valence-corrected chi connectivity index (χ0v) is 7.82. The number of rotatable bonds is 1. The Labute approximate surface area is 81.1 Å². The predicted octanol–water partition coefficient (Wildman–Crippen LogP) is 1.45. The van der Waals surface area contributed by atoms with Gasteiger partial charge >= 0.3 is 0 Å². The lowest BCUT2D eigenvalue weighted by atomic mass is 10.3. The van der Waals surface area contributed by atoms with E-state index in [1.54, 1.807) is 7.05 Å². The van der Waals surface area contributed by atoms with Gasteiger partial charge in [0.25, 0.3) is 0 Å². The quantitative estimate of drug-likeness (QED) is 0.546. The summed E-state index contributed by atoms with van der Waals surface area (Å²) in [6.07, 6.45) is 1.25. The van der Waals surface area contributed by atoms with E-state index in [0.717, 1.165) is 0 Å². The van der Waals surface area contributed by atoms with Crippen LogP contribution in [0.3, 0.4) is 0 Å². The number of nitrogens with one attached hydrogen (secondary N) is 1. The van der Waals surface area contributed by atoms with Gasteiger partial charge in [0.15, 0.2) is 0 Å².